The minimum atomic E-state index is -0.364. The predicted octanol–water partition coefficient (Wildman–Crippen LogP) is 3.89. The Hall–Kier alpha value is -2.21. The van der Waals surface area contributed by atoms with Gasteiger partial charge >= 0.3 is 0 Å². The molecule has 0 aliphatic rings. The molecule has 0 atom stereocenters. The molecule has 0 amide bonds. The van der Waals surface area contributed by atoms with Gasteiger partial charge < -0.3 is 10.3 Å². The van der Waals surface area contributed by atoms with Gasteiger partial charge in [0.05, 0.1) is 11.3 Å². The van der Waals surface area contributed by atoms with Gasteiger partial charge in [-0.2, -0.15) is 0 Å². The highest BCUT2D eigenvalue weighted by Crippen LogP contribution is 2.38. The fourth-order valence-corrected chi connectivity index (χ4v) is 2.36. The second kappa shape index (κ2) is 5.05. The minimum Gasteiger partial charge on any atom is -0.367 e. The number of hydrogen-bond donors (Lipinski definition) is 1. The molecule has 1 aromatic carbocycles. The third kappa shape index (κ3) is 2.18. The van der Waals surface area contributed by atoms with Gasteiger partial charge in [0.2, 0.25) is 5.88 Å². The molecule has 0 saturated carbocycles. The third-order valence-corrected chi connectivity index (χ3v) is 3.51. The minimum absolute atomic E-state index is 0.148. The summed E-state index contributed by atoms with van der Waals surface area (Å²) in [6, 6.07) is 9.76. The van der Waals surface area contributed by atoms with E-state index < -0.39 is 0 Å². The molecule has 100 valence electrons. The quantitative estimate of drug-likeness (QED) is 0.772. The first-order valence-corrected chi connectivity index (χ1v) is 6.58. The zero-order valence-corrected chi connectivity index (χ0v) is 11.8. The summed E-state index contributed by atoms with van der Waals surface area (Å²) in [5.41, 5.74) is 8.01. The van der Waals surface area contributed by atoms with Gasteiger partial charge in [-0.25, -0.2) is 4.39 Å². The van der Waals surface area contributed by atoms with Crippen molar-refractivity contribution < 1.29 is 8.91 Å². The molecule has 2 aromatic heterocycles. The van der Waals surface area contributed by atoms with Gasteiger partial charge in [-0.05, 0) is 30.3 Å². The number of benzene rings is 1. The highest BCUT2D eigenvalue weighted by Gasteiger charge is 2.20. The molecule has 3 aromatic rings. The molecule has 0 spiro atoms. The molecular formula is C14H9BrFN3O. The summed E-state index contributed by atoms with van der Waals surface area (Å²) in [6.45, 7) is 0. The average Bonchev–Trinajstić information content (AvgIpc) is 2.84. The van der Waals surface area contributed by atoms with Crippen molar-refractivity contribution in [1.82, 2.24) is 10.1 Å². The Kier molecular flexibility index (Phi) is 3.23. The van der Waals surface area contributed by atoms with Crippen LogP contribution in [0.15, 0.2) is 51.6 Å². The van der Waals surface area contributed by atoms with Crippen molar-refractivity contribution in [3.63, 3.8) is 0 Å². The van der Waals surface area contributed by atoms with E-state index in [0.717, 1.165) is 0 Å². The number of halogens is 2. The molecule has 0 fully saturated rings. The van der Waals surface area contributed by atoms with Gasteiger partial charge in [-0.1, -0.05) is 27.2 Å². The van der Waals surface area contributed by atoms with Crippen molar-refractivity contribution in [1.29, 1.82) is 0 Å². The van der Waals surface area contributed by atoms with Crippen LogP contribution in [0, 0.1) is 5.82 Å². The number of nitrogen functional groups attached to an aromatic ring is 1. The SMILES string of the molecule is Nc1onc(-c2cc(F)ccc2Br)c1-c1ccccn1. The summed E-state index contributed by atoms with van der Waals surface area (Å²) in [5, 5.41) is 3.93. The number of rotatable bonds is 2. The second-order valence-corrected chi connectivity index (χ2v) is 4.96. The van der Waals surface area contributed by atoms with E-state index in [1.54, 1.807) is 24.4 Å². The smallest absolute Gasteiger partial charge is 0.232 e. The van der Waals surface area contributed by atoms with Gasteiger partial charge in [-0.15, -0.1) is 0 Å². The number of hydrogen-bond acceptors (Lipinski definition) is 4. The van der Waals surface area contributed by atoms with Crippen LogP contribution in [0.25, 0.3) is 22.5 Å². The van der Waals surface area contributed by atoms with Crippen LogP contribution in [-0.2, 0) is 0 Å². The molecule has 0 bridgehead atoms. The maximum Gasteiger partial charge on any atom is 0.232 e. The molecule has 0 aliphatic heterocycles. The second-order valence-electron chi connectivity index (χ2n) is 4.11. The largest absolute Gasteiger partial charge is 0.367 e. The first-order chi connectivity index (χ1) is 9.66. The van der Waals surface area contributed by atoms with Crippen molar-refractivity contribution in [3.05, 3.63) is 52.9 Å². The summed E-state index contributed by atoms with van der Waals surface area (Å²) in [7, 11) is 0. The Morgan fingerprint density at radius 2 is 2.05 bits per heavy atom. The summed E-state index contributed by atoms with van der Waals surface area (Å²) in [5.74, 6) is -0.216. The number of nitrogens with zero attached hydrogens (tertiary/aromatic N) is 2. The fourth-order valence-electron chi connectivity index (χ4n) is 1.92. The lowest BCUT2D eigenvalue weighted by Crippen LogP contribution is -1.91. The van der Waals surface area contributed by atoms with Crippen LogP contribution in [0.2, 0.25) is 0 Å². The van der Waals surface area contributed by atoms with Gasteiger partial charge in [-0.3, -0.25) is 4.98 Å². The zero-order valence-electron chi connectivity index (χ0n) is 10.2. The summed E-state index contributed by atoms with van der Waals surface area (Å²) in [4.78, 5) is 4.23. The van der Waals surface area contributed by atoms with Gasteiger partial charge in [0.15, 0.2) is 0 Å². The van der Waals surface area contributed by atoms with Crippen LogP contribution in [0.3, 0.4) is 0 Å². The van der Waals surface area contributed by atoms with Crippen molar-refractivity contribution in [2.45, 2.75) is 0 Å². The van der Waals surface area contributed by atoms with E-state index in [2.05, 4.69) is 26.1 Å². The highest BCUT2D eigenvalue weighted by molar-refractivity contribution is 9.10. The van der Waals surface area contributed by atoms with Crippen molar-refractivity contribution in [2.24, 2.45) is 0 Å². The molecule has 0 aliphatic carbocycles. The monoisotopic (exact) mass is 333 g/mol. The Morgan fingerprint density at radius 1 is 1.20 bits per heavy atom. The zero-order chi connectivity index (χ0) is 14.1. The topological polar surface area (TPSA) is 64.9 Å². The lowest BCUT2D eigenvalue weighted by atomic mass is 10.0. The highest BCUT2D eigenvalue weighted by atomic mass is 79.9. The van der Waals surface area contributed by atoms with E-state index in [0.29, 0.717) is 27.0 Å². The van der Waals surface area contributed by atoms with Gasteiger partial charge in [0, 0.05) is 16.2 Å². The lowest BCUT2D eigenvalue weighted by molar-refractivity contribution is 0.439. The molecule has 4 nitrogen and oxygen atoms in total. The Balaban J connectivity index is 2.24. The summed E-state index contributed by atoms with van der Waals surface area (Å²) in [6.07, 6.45) is 1.65. The first-order valence-electron chi connectivity index (χ1n) is 5.79. The van der Waals surface area contributed by atoms with Crippen LogP contribution in [0.1, 0.15) is 0 Å². The van der Waals surface area contributed by atoms with Crippen LogP contribution in [0.5, 0.6) is 0 Å². The molecule has 0 radical (unpaired) electrons. The van der Waals surface area contributed by atoms with Gasteiger partial charge in [0.1, 0.15) is 11.5 Å². The number of nitrogens with two attached hydrogens (primary N) is 1. The van der Waals surface area contributed by atoms with E-state index in [9.17, 15) is 4.39 Å². The van der Waals surface area contributed by atoms with Crippen molar-refractivity contribution in [2.75, 3.05) is 5.73 Å². The van der Waals surface area contributed by atoms with E-state index in [1.807, 2.05) is 6.07 Å². The van der Waals surface area contributed by atoms with Crippen molar-refractivity contribution in [3.8, 4) is 22.5 Å². The third-order valence-electron chi connectivity index (χ3n) is 2.82. The van der Waals surface area contributed by atoms with E-state index in [-0.39, 0.29) is 11.7 Å². The van der Waals surface area contributed by atoms with Crippen LogP contribution < -0.4 is 5.73 Å². The maximum absolute atomic E-state index is 13.4. The molecule has 3 rings (SSSR count). The molecule has 2 heterocycles. The molecule has 20 heavy (non-hydrogen) atoms. The summed E-state index contributed by atoms with van der Waals surface area (Å²) < 4.78 is 19.2. The number of anilines is 1. The lowest BCUT2D eigenvalue weighted by Gasteiger charge is -2.04. The van der Waals surface area contributed by atoms with Crippen LogP contribution in [0.4, 0.5) is 10.3 Å². The van der Waals surface area contributed by atoms with Gasteiger partial charge in [0.25, 0.3) is 0 Å². The first kappa shape index (κ1) is 12.8. The average molecular weight is 334 g/mol. The molecule has 6 heteroatoms. The Morgan fingerprint density at radius 3 is 2.80 bits per heavy atom. The molecule has 0 saturated heterocycles. The standard InChI is InChI=1S/C14H9BrFN3O/c15-10-5-4-8(16)7-9(10)13-12(14(17)20-19-13)11-3-1-2-6-18-11/h1-7H,17H2. The number of aromatic nitrogens is 2. The van der Waals surface area contributed by atoms with E-state index in [1.165, 1.54) is 12.1 Å². The molecular weight excluding hydrogens is 325 g/mol. The van der Waals surface area contributed by atoms with Crippen molar-refractivity contribution >= 4 is 21.8 Å². The maximum atomic E-state index is 13.4. The van der Waals surface area contributed by atoms with Crippen LogP contribution in [-0.4, -0.2) is 10.1 Å². The van der Waals surface area contributed by atoms with E-state index in [4.69, 9.17) is 10.3 Å². The van der Waals surface area contributed by atoms with E-state index >= 15 is 0 Å². The van der Waals surface area contributed by atoms with Crippen LogP contribution >= 0.6 is 15.9 Å². The summed E-state index contributed by atoms with van der Waals surface area (Å²) >= 11 is 3.37. The Bertz CT molecular complexity index is 758. The Labute approximate surface area is 122 Å². The number of pyridine rings is 1. The molecule has 0 unspecified atom stereocenters. The normalized spacial score (nSPS) is 10.7. The predicted molar refractivity (Wildman–Crippen MR) is 77.2 cm³/mol. The fraction of sp³-hybridized carbons (Fsp3) is 0. The molecule has 2 N–H and O–H groups in total.